The molecule has 8 heteroatoms. The van der Waals surface area contributed by atoms with Gasteiger partial charge in [0.25, 0.3) is 0 Å². The zero-order valence-electron chi connectivity index (χ0n) is 60.9. The minimum Gasteiger partial charge on any atom is -0.457 e. The molecule has 6 nitrogen and oxygen atoms in total. The summed E-state index contributed by atoms with van der Waals surface area (Å²) in [6, 6.07) is 114. The standard InChI is InChI=1S/C99H86N2O4S2/c1-4-96(64-102-65-96)68-106-85-52-40-73(41-53-85)98(71-36-48-83(49-37-71)104-81-26-14-8-15-27-81)91-32-20-18-30-87(91)89-56-46-79(62-93(89)98)100(75-22-10-6-11-23-75)77-44-34-70(35-45-77)95(3)60-58-78(59-61-95)101(76-24-12-7-13-25-76)80-47-57-90-88-31-19-21-33-92(88)99(94(90)63-80,72-38-50-84(51-39-72)105-82-28-16-9-17-29-82)74-42-54-86(55-43-74)107-69-97(5-2)66-103-67-97/h6-45,47-55,57-60,62-63H,4-5,46,56,61,64-69H2,1-3H3. The maximum absolute atomic E-state index is 6.48. The molecule has 3 atom stereocenters. The zero-order valence-corrected chi connectivity index (χ0v) is 62.5. The van der Waals surface area contributed by atoms with E-state index in [1.165, 1.54) is 87.8 Å². The molecule has 4 aliphatic carbocycles. The van der Waals surface area contributed by atoms with Crippen LogP contribution in [-0.2, 0) is 25.7 Å². The topological polar surface area (TPSA) is 43.4 Å². The van der Waals surface area contributed by atoms with Crippen LogP contribution < -0.4 is 19.3 Å². The van der Waals surface area contributed by atoms with Crippen molar-refractivity contribution in [1.29, 1.82) is 0 Å². The van der Waals surface area contributed by atoms with Crippen LogP contribution >= 0.6 is 23.5 Å². The summed E-state index contributed by atoms with van der Waals surface area (Å²) in [5.41, 5.74) is 22.2. The second kappa shape index (κ2) is 28.6. The number of rotatable bonds is 23. The highest BCUT2D eigenvalue weighted by Gasteiger charge is 2.50. The van der Waals surface area contributed by atoms with E-state index in [1.807, 2.05) is 84.2 Å². The Kier molecular flexibility index (Phi) is 18.3. The van der Waals surface area contributed by atoms with Gasteiger partial charge in [0.2, 0.25) is 0 Å². The average molecular weight is 1430 g/mol. The van der Waals surface area contributed by atoms with Crippen LogP contribution in [0.1, 0.15) is 103 Å². The molecule has 12 aromatic rings. The highest BCUT2D eigenvalue weighted by Crippen LogP contribution is 2.61. The van der Waals surface area contributed by atoms with E-state index in [9.17, 15) is 0 Å². The van der Waals surface area contributed by atoms with Crippen LogP contribution in [0.15, 0.2) is 360 Å². The van der Waals surface area contributed by atoms with Crippen molar-refractivity contribution in [3.05, 3.63) is 401 Å². The fraction of sp³-hybridized carbons (Fsp3) is 0.192. The summed E-state index contributed by atoms with van der Waals surface area (Å²) in [5.74, 6) is 5.32. The number of hydrogen-bond acceptors (Lipinski definition) is 8. The predicted octanol–water partition coefficient (Wildman–Crippen LogP) is 25.2. The van der Waals surface area contributed by atoms with Crippen LogP contribution in [0, 0.1) is 10.8 Å². The lowest BCUT2D eigenvalue weighted by atomic mass is 9.66. The number of nitrogens with zero attached hydrogens (tertiary/aromatic N) is 2. The molecule has 0 radical (unpaired) electrons. The zero-order chi connectivity index (χ0) is 72.0. The first kappa shape index (κ1) is 68.2. The van der Waals surface area contributed by atoms with E-state index in [0.29, 0.717) is 0 Å². The molecule has 0 amide bonds. The summed E-state index contributed by atoms with van der Waals surface area (Å²) in [7, 11) is 0. The van der Waals surface area contributed by atoms with Crippen LogP contribution in [0.3, 0.4) is 0 Å². The lowest BCUT2D eigenvalue weighted by molar-refractivity contribution is -0.0994. The minimum atomic E-state index is -0.661. The molecule has 2 heterocycles. The van der Waals surface area contributed by atoms with Crippen LogP contribution in [0.5, 0.6) is 23.0 Å². The summed E-state index contributed by atoms with van der Waals surface area (Å²) in [6.45, 7) is 10.3. The first-order chi connectivity index (χ1) is 52.6. The van der Waals surface area contributed by atoms with Crippen molar-refractivity contribution in [3.63, 3.8) is 0 Å². The third-order valence-electron chi connectivity index (χ3n) is 23.7. The van der Waals surface area contributed by atoms with Crippen molar-refractivity contribution in [2.75, 3.05) is 47.7 Å². The minimum absolute atomic E-state index is 0.240. The SMILES string of the molecule is CCC1(CSc2ccc(C3(c4ccc(Oc5ccccc5)cc4)C4=C(CCC(N(c5ccccc5)c5ccc(C6(C)C=CC(N(c7ccccc7)c7ccc8c(c7)C(c7ccc(Oc9ccccc9)cc7)(c7ccc(SCC9(CC)COC9)cc7)c7ccccc7-8)=CC6)cc5)=C4)c4ccccc43)cc2)COC1. The summed E-state index contributed by atoms with van der Waals surface area (Å²) >= 11 is 3.90. The molecular formula is C99H86N2O4S2. The molecule has 0 bridgehead atoms. The Morgan fingerprint density at radius 1 is 0.383 bits per heavy atom. The van der Waals surface area contributed by atoms with Gasteiger partial charge in [-0.2, -0.15) is 0 Å². The Labute approximate surface area is 638 Å². The molecule has 6 aliphatic rings. The van der Waals surface area contributed by atoms with Crippen molar-refractivity contribution in [1.82, 2.24) is 0 Å². The fourth-order valence-electron chi connectivity index (χ4n) is 17.3. The molecule has 107 heavy (non-hydrogen) atoms. The molecule has 3 unspecified atom stereocenters. The normalized spacial score (nSPS) is 19.7. The van der Waals surface area contributed by atoms with Gasteiger partial charge in [-0.25, -0.2) is 0 Å². The number of fused-ring (bicyclic) bond motifs is 5. The Morgan fingerprint density at radius 3 is 1.30 bits per heavy atom. The second-order valence-electron chi connectivity index (χ2n) is 30.0. The largest absolute Gasteiger partial charge is 0.457 e. The highest BCUT2D eigenvalue weighted by molar-refractivity contribution is 7.99. The Morgan fingerprint density at radius 2 is 0.804 bits per heavy atom. The van der Waals surface area contributed by atoms with E-state index in [0.717, 1.165) is 121 Å². The van der Waals surface area contributed by atoms with Crippen molar-refractivity contribution in [2.24, 2.45) is 10.8 Å². The van der Waals surface area contributed by atoms with Crippen LogP contribution in [-0.4, -0.2) is 37.9 Å². The molecule has 12 aromatic carbocycles. The summed E-state index contributed by atoms with van der Waals surface area (Å²) < 4.78 is 24.5. The van der Waals surface area contributed by atoms with E-state index in [-0.39, 0.29) is 16.2 Å². The smallest absolute Gasteiger partial charge is 0.127 e. The predicted molar refractivity (Wildman–Crippen MR) is 442 cm³/mol. The molecule has 0 aromatic heterocycles. The molecule has 0 N–H and O–H groups in total. The molecule has 2 saturated heterocycles. The molecule has 18 rings (SSSR count). The first-order valence-electron chi connectivity index (χ1n) is 37.9. The van der Waals surface area contributed by atoms with Gasteiger partial charge in [-0.05, 0) is 238 Å². The van der Waals surface area contributed by atoms with Crippen molar-refractivity contribution in [2.45, 2.75) is 78.9 Å². The van der Waals surface area contributed by atoms with E-state index in [1.54, 1.807) is 0 Å². The van der Waals surface area contributed by atoms with Gasteiger partial charge >= 0.3 is 0 Å². The third kappa shape index (κ3) is 12.4. The number of para-hydroxylation sites is 4. The van der Waals surface area contributed by atoms with Gasteiger partial charge in [0, 0.05) is 71.7 Å². The molecule has 528 valence electrons. The summed E-state index contributed by atoms with van der Waals surface area (Å²) in [6.07, 6.45) is 14.6. The second-order valence-corrected chi connectivity index (χ2v) is 32.1. The molecule has 2 aliphatic heterocycles. The quantitative estimate of drug-likeness (QED) is 0.0587. The fourth-order valence-corrected chi connectivity index (χ4v) is 19.7. The number of hydrogen-bond donors (Lipinski definition) is 0. The average Bonchev–Trinajstić information content (AvgIpc) is 1.56. The van der Waals surface area contributed by atoms with E-state index >= 15 is 0 Å². The molecular weight excluding hydrogens is 1350 g/mol. The Balaban J connectivity index is 0.685. The highest BCUT2D eigenvalue weighted by atomic mass is 32.2. The van der Waals surface area contributed by atoms with Crippen molar-refractivity contribution < 1.29 is 18.9 Å². The summed E-state index contributed by atoms with van der Waals surface area (Å²) in [5, 5.41) is 0. The van der Waals surface area contributed by atoms with Crippen LogP contribution in [0.25, 0.3) is 16.7 Å². The number of allylic oxidation sites excluding steroid dienone is 7. The number of ether oxygens (including phenoxy) is 4. The molecule has 0 spiro atoms. The lowest BCUT2D eigenvalue weighted by Gasteiger charge is -2.40. The maximum Gasteiger partial charge on any atom is 0.127 e. The van der Waals surface area contributed by atoms with Crippen LogP contribution in [0.4, 0.5) is 22.7 Å². The number of thioether (sulfide) groups is 2. The molecule has 0 saturated carbocycles. The van der Waals surface area contributed by atoms with Gasteiger partial charge < -0.3 is 28.7 Å². The van der Waals surface area contributed by atoms with E-state index in [4.69, 9.17) is 18.9 Å². The first-order valence-corrected chi connectivity index (χ1v) is 39.9. The van der Waals surface area contributed by atoms with Gasteiger partial charge in [-0.1, -0.05) is 221 Å². The van der Waals surface area contributed by atoms with Crippen molar-refractivity contribution in [3.8, 4) is 34.1 Å². The van der Waals surface area contributed by atoms with Gasteiger partial charge in [-0.3, -0.25) is 0 Å². The van der Waals surface area contributed by atoms with Gasteiger partial charge in [-0.15, -0.1) is 23.5 Å². The van der Waals surface area contributed by atoms with E-state index < -0.39 is 10.8 Å². The molecule has 2 fully saturated rings. The van der Waals surface area contributed by atoms with Gasteiger partial charge in [0.15, 0.2) is 0 Å². The third-order valence-corrected chi connectivity index (χ3v) is 26.4. The number of benzene rings is 12. The Bertz CT molecular complexity index is 5330. The lowest BCUT2D eigenvalue weighted by Crippen LogP contribution is -2.44. The van der Waals surface area contributed by atoms with Gasteiger partial charge in [0.05, 0.1) is 37.3 Å². The maximum atomic E-state index is 6.48. The van der Waals surface area contributed by atoms with Gasteiger partial charge in [0.1, 0.15) is 23.0 Å². The summed E-state index contributed by atoms with van der Waals surface area (Å²) in [4.78, 5) is 7.53. The number of anilines is 4. The monoisotopic (exact) mass is 1430 g/mol. The van der Waals surface area contributed by atoms with Crippen molar-refractivity contribution >= 4 is 51.8 Å². The van der Waals surface area contributed by atoms with E-state index in [2.05, 4.69) is 304 Å². The Hall–Kier alpha value is -10.6. The van der Waals surface area contributed by atoms with Crippen LogP contribution in [0.2, 0.25) is 0 Å².